The van der Waals surface area contributed by atoms with Crippen LogP contribution in [0, 0.1) is 11.8 Å². The number of halogens is 1. The van der Waals surface area contributed by atoms with Crippen molar-refractivity contribution in [2.24, 2.45) is 11.8 Å². The second kappa shape index (κ2) is 7.82. The summed E-state index contributed by atoms with van der Waals surface area (Å²) in [5, 5.41) is 3.41. The Balaban J connectivity index is 0.00000161. The van der Waals surface area contributed by atoms with E-state index < -0.39 is 0 Å². The lowest BCUT2D eigenvalue weighted by Gasteiger charge is -2.34. The molecule has 0 bridgehead atoms. The molecule has 1 N–H and O–H groups in total. The molecule has 3 unspecified atom stereocenters. The molecule has 1 amide bonds. The fourth-order valence-electron chi connectivity index (χ4n) is 4.77. The second-order valence-corrected chi connectivity index (χ2v) is 7.23. The number of carbonyl (C=O) groups is 1. The molecule has 0 aromatic rings. The number of hydrogen-bond acceptors (Lipinski definition) is 2. The quantitative estimate of drug-likeness (QED) is 0.866. The zero-order valence-electron chi connectivity index (χ0n) is 13.4. The zero-order chi connectivity index (χ0) is 13.9. The van der Waals surface area contributed by atoms with Gasteiger partial charge in [0.15, 0.2) is 0 Å². The summed E-state index contributed by atoms with van der Waals surface area (Å²) in [5.41, 5.74) is 0. The number of carbonyl (C=O) groups excluding carboxylic acids is 1. The minimum atomic E-state index is 0. The average Bonchev–Trinajstić information content (AvgIpc) is 2.82. The average molecular weight is 315 g/mol. The van der Waals surface area contributed by atoms with Crippen LogP contribution < -0.4 is 5.32 Å². The first kappa shape index (κ1) is 17.1. The molecule has 3 rings (SSSR count). The molecule has 122 valence electrons. The van der Waals surface area contributed by atoms with Gasteiger partial charge < -0.3 is 10.2 Å². The van der Waals surface area contributed by atoms with E-state index in [-0.39, 0.29) is 12.4 Å². The normalized spacial score (nSPS) is 33.4. The first-order valence-corrected chi connectivity index (χ1v) is 8.77. The molecule has 2 aliphatic heterocycles. The van der Waals surface area contributed by atoms with Gasteiger partial charge in [0.25, 0.3) is 0 Å². The van der Waals surface area contributed by atoms with Crippen LogP contribution in [0.1, 0.15) is 64.7 Å². The minimum absolute atomic E-state index is 0. The lowest BCUT2D eigenvalue weighted by molar-refractivity contribution is -0.134. The number of likely N-dealkylation sites (tertiary alicyclic amines) is 1. The highest BCUT2D eigenvalue weighted by Gasteiger charge is 2.42. The topological polar surface area (TPSA) is 32.3 Å². The Labute approximate surface area is 135 Å². The van der Waals surface area contributed by atoms with Crippen molar-refractivity contribution in [3.8, 4) is 0 Å². The molecule has 3 nitrogen and oxygen atoms in total. The summed E-state index contributed by atoms with van der Waals surface area (Å²) in [6, 6.07) is 1.07. The van der Waals surface area contributed by atoms with E-state index in [9.17, 15) is 4.79 Å². The predicted molar refractivity (Wildman–Crippen MR) is 88.7 cm³/mol. The van der Waals surface area contributed by atoms with Gasteiger partial charge in [0.1, 0.15) is 0 Å². The molecule has 3 atom stereocenters. The third-order valence-corrected chi connectivity index (χ3v) is 5.86. The Morgan fingerprint density at radius 3 is 2.62 bits per heavy atom. The summed E-state index contributed by atoms with van der Waals surface area (Å²) in [7, 11) is 0. The summed E-state index contributed by atoms with van der Waals surface area (Å²) in [4.78, 5) is 14.9. The minimum Gasteiger partial charge on any atom is -0.337 e. The van der Waals surface area contributed by atoms with Crippen molar-refractivity contribution in [2.75, 3.05) is 13.1 Å². The van der Waals surface area contributed by atoms with Crippen LogP contribution in [0.15, 0.2) is 0 Å². The van der Waals surface area contributed by atoms with E-state index in [0.717, 1.165) is 37.8 Å². The zero-order valence-corrected chi connectivity index (χ0v) is 14.2. The molecule has 0 aromatic heterocycles. The van der Waals surface area contributed by atoms with Crippen molar-refractivity contribution in [2.45, 2.75) is 76.8 Å². The lowest BCUT2D eigenvalue weighted by Crippen LogP contribution is -2.42. The van der Waals surface area contributed by atoms with Crippen molar-refractivity contribution in [1.29, 1.82) is 0 Å². The summed E-state index contributed by atoms with van der Waals surface area (Å²) in [5.74, 6) is 2.03. The maximum absolute atomic E-state index is 12.7. The number of amides is 1. The van der Waals surface area contributed by atoms with Gasteiger partial charge >= 0.3 is 0 Å². The standard InChI is InChI=1S/C17H30N2O.ClH/c1-13-12-15-4-2-3-5-16(15)19(13)17(20)7-6-14-8-10-18-11-9-14;/h13-16,18H,2-12H2,1H3;1H. The highest BCUT2D eigenvalue weighted by atomic mass is 35.5. The van der Waals surface area contributed by atoms with E-state index in [1.807, 2.05) is 0 Å². The van der Waals surface area contributed by atoms with Crippen LogP contribution in [0.4, 0.5) is 0 Å². The number of nitrogens with one attached hydrogen (secondary N) is 1. The van der Waals surface area contributed by atoms with Crippen LogP contribution in [-0.2, 0) is 4.79 Å². The molecule has 0 radical (unpaired) electrons. The third kappa shape index (κ3) is 3.92. The van der Waals surface area contributed by atoms with Gasteiger partial charge in [-0.15, -0.1) is 12.4 Å². The van der Waals surface area contributed by atoms with Gasteiger partial charge in [-0.3, -0.25) is 4.79 Å². The number of fused-ring (bicyclic) bond motifs is 1. The van der Waals surface area contributed by atoms with Gasteiger partial charge in [-0.2, -0.15) is 0 Å². The SMILES string of the molecule is CC1CC2CCCCC2N1C(=O)CCC1CCNCC1.Cl. The summed E-state index contributed by atoms with van der Waals surface area (Å²) in [6.45, 7) is 4.55. The molecule has 4 heteroatoms. The third-order valence-electron chi connectivity index (χ3n) is 5.86. The van der Waals surface area contributed by atoms with E-state index in [1.165, 1.54) is 44.9 Å². The van der Waals surface area contributed by atoms with Crippen LogP contribution in [0.25, 0.3) is 0 Å². The number of piperidine rings is 1. The monoisotopic (exact) mass is 314 g/mol. The largest absolute Gasteiger partial charge is 0.337 e. The highest BCUT2D eigenvalue weighted by Crippen LogP contribution is 2.40. The van der Waals surface area contributed by atoms with E-state index in [4.69, 9.17) is 0 Å². The molecule has 1 aliphatic carbocycles. The Morgan fingerprint density at radius 1 is 1.14 bits per heavy atom. The first-order chi connectivity index (χ1) is 9.75. The molecule has 0 spiro atoms. The summed E-state index contributed by atoms with van der Waals surface area (Å²) >= 11 is 0. The van der Waals surface area contributed by atoms with Crippen LogP contribution >= 0.6 is 12.4 Å². The molecular weight excluding hydrogens is 284 g/mol. The van der Waals surface area contributed by atoms with E-state index >= 15 is 0 Å². The predicted octanol–water partition coefficient (Wildman–Crippen LogP) is 3.37. The van der Waals surface area contributed by atoms with Crippen molar-refractivity contribution in [3.63, 3.8) is 0 Å². The summed E-state index contributed by atoms with van der Waals surface area (Å²) in [6.07, 6.45) is 11.0. The maximum atomic E-state index is 12.7. The van der Waals surface area contributed by atoms with Crippen molar-refractivity contribution < 1.29 is 4.79 Å². The number of nitrogens with zero attached hydrogens (tertiary/aromatic N) is 1. The lowest BCUT2D eigenvalue weighted by atomic mass is 9.84. The Kier molecular flexibility index (Phi) is 6.36. The van der Waals surface area contributed by atoms with Gasteiger partial charge in [-0.1, -0.05) is 12.8 Å². The van der Waals surface area contributed by atoms with Gasteiger partial charge in [0.2, 0.25) is 5.91 Å². The van der Waals surface area contributed by atoms with E-state index in [2.05, 4.69) is 17.1 Å². The first-order valence-electron chi connectivity index (χ1n) is 8.77. The Hall–Kier alpha value is -0.280. The fraction of sp³-hybridized carbons (Fsp3) is 0.941. The van der Waals surface area contributed by atoms with E-state index in [1.54, 1.807) is 0 Å². The van der Waals surface area contributed by atoms with Gasteiger partial charge in [-0.25, -0.2) is 0 Å². The molecule has 3 fully saturated rings. The molecule has 3 aliphatic rings. The van der Waals surface area contributed by atoms with Crippen LogP contribution in [-0.4, -0.2) is 36.0 Å². The van der Waals surface area contributed by atoms with Crippen LogP contribution in [0.2, 0.25) is 0 Å². The van der Waals surface area contributed by atoms with Crippen molar-refractivity contribution in [3.05, 3.63) is 0 Å². The molecule has 2 heterocycles. The number of hydrogen-bond donors (Lipinski definition) is 1. The smallest absolute Gasteiger partial charge is 0.223 e. The molecule has 2 saturated heterocycles. The molecule has 1 saturated carbocycles. The maximum Gasteiger partial charge on any atom is 0.223 e. The van der Waals surface area contributed by atoms with Crippen LogP contribution in [0.5, 0.6) is 0 Å². The number of rotatable bonds is 3. The summed E-state index contributed by atoms with van der Waals surface area (Å²) < 4.78 is 0. The Bertz CT molecular complexity index is 344. The van der Waals surface area contributed by atoms with E-state index in [0.29, 0.717) is 18.0 Å². The van der Waals surface area contributed by atoms with Gasteiger partial charge in [0, 0.05) is 18.5 Å². The Morgan fingerprint density at radius 2 is 1.86 bits per heavy atom. The molecular formula is C17H31ClN2O. The van der Waals surface area contributed by atoms with Gasteiger partial charge in [0.05, 0.1) is 0 Å². The second-order valence-electron chi connectivity index (χ2n) is 7.23. The van der Waals surface area contributed by atoms with Crippen LogP contribution in [0.3, 0.4) is 0 Å². The van der Waals surface area contributed by atoms with Crippen molar-refractivity contribution in [1.82, 2.24) is 10.2 Å². The fourth-order valence-corrected chi connectivity index (χ4v) is 4.77. The molecule has 0 aromatic carbocycles. The van der Waals surface area contributed by atoms with Gasteiger partial charge in [-0.05, 0) is 70.4 Å². The van der Waals surface area contributed by atoms with Crippen molar-refractivity contribution >= 4 is 18.3 Å². The highest BCUT2D eigenvalue weighted by molar-refractivity contribution is 5.85. The molecule has 21 heavy (non-hydrogen) atoms.